The van der Waals surface area contributed by atoms with Gasteiger partial charge in [-0.15, -0.1) is 23.2 Å². The molecule has 0 spiro atoms. The van der Waals surface area contributed by atoms with Gasteiger partial charge in [-0.25, -0.2) is 14.5 Å². The topological polar surface area (TPSA) is 158 Å². The molecule has 0 fully saturated rings. The first-order chi connectivity index (χ1) is 29.3. The van der Waals surface area contributed by atoms with E-state index in [0.717, 1.165) is 21.8 Å². The molecule has 0 saturated carbocycles. The predicted molar refractivity (Wildman–Crippen MR) is 217 cm³/mol. The van der Waals surface area contributed by atoms with E-state index in [1.165, 1.54) is 16.9 Å². The lowest BCUT2D eigenvalue weighted by molar-refractivity contribution is -0.143. The number of H-pyrrole nitrogens is 2. The van der Waals surface area contributed by atoms with Gasteiger partial charge in [-0.1, -0.05) is 43.0 Å². The Morgan fingerprint density at radius 2 is 1.18 bits per heavy atom. The van der Waals surface area contributed by atoms with E-state index in [4.69, 9.17) is 62.9 Å². The molecule has 60 heavy (non-hydrogen) atoms. The maximum atomic E-state index is 12.8. The molecular formula is C43H31Cl2N5O10. The largest absolute Gasteiger partial charge is 0.464 e. The minimum Gasteiger partial charge on any atom is -0.464 e. The van der Waals surface area contributed by atoms with Crippen LogP contribution in [0.25, 0.3) is 38.2 Å². The molecule has 10 rings (SSSR count). The third-order valence-electron chi connectivity index (χ3n) is 10.1. The van der Waals surface area contributed by atoms with Crippen LogP contribution in [0.2, 0.25) is 0 Å². The quantitative estimate of drug-likeness (QED) is 0.0924. The molecule has 0 saturated heterocycles. The number of methoxy groups -OCH3 is 1. The van der Waals surface area contributed by atoms with Crippen molar-refractivity contribution < 1.29 is 47.5 Å². The summed E-state index contributed by atoms with van der Waals surface area (Å²) in [5.74, 6) is 0.723. The molecular weight excluding hydrogens is 817 g/mol. The van der Waals surface area contributed by atoms with Crippen molar-refractivity contribution in [3.63, 3.8) is 0 Å². The van der Waals surface area contributed by atoms with E-state index in [9.17, 15) is 14.4 Å². The summed E-state index contributed by atoms with van der Waals surface area (Å²) in [6.07, 6.45) is 1.74. The summed E-state index contributed by atoms with van der Waals surface area (Å²) in [5.41, 5.74) is 4.35. The molecule has 15 nitrogen and oxygen atoms in total. The number of halogens is 2. The van der Waals surface area contributed by atoms with Gasteiger partial charge in [0.1, 0.15) is 11.8 Å². The number of nitrogens with one attached hydrogen (secondary N) is 2. The summed E-state index contributed by atoms with van der Waals surface area (Å²) in [7, 11) is 1.25. The number of para-hydroxylation sites is 2. The molecule has 2 atom stereocenters. The van der Waals surface area contributed by atoms with Crippen molar-refractivity contribution in [2.24, 2.45) is 0 Å². The fourth-order valence-corrected chi connectivity index (χ4v) is 7.63. The van der Waals surface area contributed by atoms with Crippen molar-refractivity contribution in [3.05, 3.63) is 143 Å². The summed E-state index contributed by atoms with van der Waals surface area (Å²) in [4.78, 5) is 50.8. The van der Waals surface area contributed by atoms with Crippen LogP contribution in [0.15, 0.2) is 109 Å². The zero-order valence-corrected chi connectivity index (χ0v) is 32.9. The first kappa shape index (κ1) is 38.2. The van der Waals surface area contributed by atoms with Gasteiger partial charge in [0.05, 0.1) is 7.11 Å². The Morgan fingerprint density at radius 3 is 1.72 bits per heavy atom. The van der Waals surface area contributed by atoms with Gasteiger partial charge in [0, 0.05) is 56.5 Å². The van der Waals surface area contributed by atoms with Crippen LogP contribution in [0.1, 0.15) is 34.7 Å². The average molecular weight is 849 g/mol. The van der Waals surface area contributed by atoms with Gasteiger partial charge in [-0.3, -0.25) is 9.69 Å². The van der Waals surface area contributed by atoms with Crippen molar-refractivity contribution in [3.8, 4) is 23.0 Å². The number of aromatic nitrogens is 2. The lowest BCUT2D eigenvalue weighted by atomic mass is 10.1. The van der Waals surface area contributed by atoms with Crippen molar-refractivity contribution in [1.82, 2.24) is 19.8 Å². The van der Waals surface area contributed by atoms with Gasteiger partial charge in [0.25, 0.3) is 12.0 Å². The van der Waals surface area contributed by atoms with E-state index in [-0.39, 0.29) is 42.6 Å². The van der Waals surface area contributed by atoms with Gasteiger partial charge < -0.3 is 48.0 Å². The van der Waals surface area contributed by atoms with Gasteiger partial charge >= 0.3 is 11.9 Å². The molecule has 6 aromatic rings. The number of carbonyl (C=O) groups excluding carboxylic acids is 3. The molecule has 0 bridgehead atoms. The molecule has 2 aromatic heterocycles. The Kier molecular flexibility index (Phi) is 10.1. The summed E-state index contributed by atoms with van der Waals surface area (Å²) >= 11 is 11.7. The van der Waals surface area contributed by atoms with Crippen LogP contribution in [-0.2, 0) is 28.6 Å². The molecule has 4 aliphatic rings. The SMILES string of the molecule is COC(=O)C1=C(c2c[nH]c3ccccc23)OC(c2ccc3c(c2)OCO3)N1C(=O)CCl.[C-]#[N+]C1=C(c2c[nH]c3ccccc23)OC(c2ccc3c(c2)OCO3)N1C(=O)CCl. The Morgan fingerprint density at radius 1 is 0.700 bits per heavy atom. The van der Waals surface area contributed by atoms with Gasteiger partial charge in [-0.2, -0.15) is 0 Å². The maximum absolute atomic E-state index is 12.8. The van der Waals surface area contributed by atoms with Crippen molar-refractivity contribution in [2.45, 2.75) is 12.5 Å². The van der Waals surface area contributed by atoms with Crippen LogP contribution in [0.4, 0.5) is 0 Å². The second-order valence-corrected chi connectivity index (χ2v) is 13.9. The number of fused-ring (bicyclic) bond motifs is 4. The second kappa shape index (κ2) is 15.8. The standard InChI is InChI=1S/C22H17ClN2O6.C21H14ClN3O4/c1-28-22(27)19-20(14-10-24-15-5-3-2-4-13(14)15)31-21(25(19)18(26)9-23)12-6-7-16-17(8-12)30-11-29-16;1-23-20-19(14-10-24-15-5-3-2-4-13(14)15)29-21(25(20)18(26)9-22)12-6-7-16-17(8-12)28-11-27-16/h2-8,10,21,24H,9,11H2,1H3;2-8,10,21,24H,9,11H2. The summed E-state index contributed by atoms with van der Waals surface area (Å²) in [6, 6.07) is 25.8. The summed E-state index contributed by atoms with van der Waals surface area (Å²) < 4.78 is 39.0. The molecule has 4 aliphatic heterocycles. The van der Waals surface area contributed by atoms with Crippen molar-refractivity contribution in [1.29, 1.82) is 0 Å². The minimum absolute atomic E-state index is 0.0134. The molecule has 0 radical (unpaired) electrons. The third kappa shape index (κ3) is 6.52. The van der Waals surface area contributed by atoms with Crippen LogP contribution in [0.3, 0.4) is 0 Å². The fourth-order valence-electron chi connectivity index (χ4n) is 7.37. The van der Waals surface area contributed by atoms with E-state index in [1.807, 2.05) is 48.5 Å². The summed E-state index contributed by atoms with van der Waals surface area (Å²) in [5, 5.41) is 1.73. The van der Waals surface area contributed by atoms with Crippen LogP contribution < -0.4 is 18.9 Å². The lowest BCUT2D eigenvalue weighted by Crippen LogP contribution is -2.35. The van der Waals surface area contributed by atoms with E-state index >= 15 is 0 Å². The number of nitrogens with zero attached hydrogens (tertiary/aromatic N) is 3. The molecule has 4 aromatic carbocycles. The molecule has 0 aliphatic carbocycles. The highest BCUT2D eigenvalue weighted by molar-refractivity contribution is 6.28. The first-order valence-corrected chi connectivity index (χ1v) is 19.4. The van der Waals surface area contributed by atoms with E-state index in [0.29, 0.717) is 51.0 Å². The molecule has 17 heteroatoms. The highest BCUT2D eigenvalue weighted by Gasteiger charge is 2.45. The Bertz CT molecular complexity index is 2830. The first-order valence-electron chi connectivity index (χ1n) is 18.3. The fraction of sp³-hybridized carbons (Fsp3) is 0.163. The third-order valence-corrected chi connectivity index (χ3v) is 10.6. The number of alkyl halides is 2. The van der Waals surface area contributed by atoms with Gasteiger partial charge in [0.15, 0.2) is 40.2 Å². The Balaban J connectivity index is 0.000000154. The summed E-state index contributed by atoms with van der Waals surface area (Å²) in [6.45, 7) is 7.96. The number of rotatable bonds is 7. The normalized spacial score (nSPS) is 17.4. The average Bonchev–Trinajstić information content (AvgIpc) is 4.15. The second-order valence-electron chi connectivity index (χ2n) is 13.4. The number of ether oxygens (including phenoxy) is 7. The zero-order valence-electron chi connectivity index (χ0n) is 31.4. The molecule has 2 amide bonds. The van der Waals surface area contributed by atoms with Crippen molar-refractivity contribution >= 4 is 74.3 Å². The molecule has 6 heterocycles. The number of aromatic amines is 2. The number of esters is 1. The Labute approximate surface area is 350 Å². The highest BCUT2D eigenvalue weighted by atomic mass is 35.5. The number of carbonyl (C=O) groups is 3. The van der Waals surface area contributed by atoms with Crippen LogP contribution in [-0.4, -0.2) is 70.0 Å². The number of amides is 2. The highest BCUT2D eigenvalue weighted by Crippen LogP contribution is 2.47. The van der Waals surface area contributed by atoms with E-state index < -0.39 is 30.2 Å². The van der Waals surface area contributed by atoms with Crippen molar-refractivity contribution in [2.75, 3.05) is 32.5 Å². The van der Waals surface area contributed by atoms with Gasteiger partial charge in [0.2, 0.25) is 25.7 Å². The minimum atomic E-state index is -0.932. The number of hydrogen-bond donors (Lipinski definition) is 2. The predicted octanol–water partition coefficient (Wildman–Crippen LogP) is 7.77. The van der Waals surface area contributed by atoms with Crippen LogP contribution in [0, 0.1) is 6.57 Å². The molecule has 2 unspecified atom stereocenters. The number of benzene rings is 4. The van der Waals surface area contributed by atoms with Crippen LogP contribution in [0.5, 0.6) is 23.0 Å². The van der Waals surface area contributed by atoms with E-state index in [2.05, 4.69) is 14.8 Å². The van der Waals surface area contributed by atoms with Crippen LogP contribution >= 0.6 is 23.2 Å². The monoisotopic (exact) mass is 847 g/mol. The zero-order chi connectivity index (χ0) is 41.5. The van der Waals surface area contributed by atoms with E-state index in [1.54, 1.807) is 48.8 Å². The smallest absolute Gasteiger partial charge is 0.358 e. The lowest BCUT2D eigenvalue weighted by Gasteiger charge is -2.24. The maximum Gasteiger partial charge on any atom is 0.358 e. The molecule has 302 valence electrons. The molecule has 2 N–H and O–H groups in total. The van der Waals surface area contributed by atoms with Gasteiger partial charge in [-0.05, 0) is 48.5 Å². The Hall–Kier alpha value is -7.28. The number of hydrogen-bond acceptors (Lipinski definition) is 10.